The van der Waals surface area contributed by atoms with Gasteiger partial charge in [-0.1, -0.05) is 17.3 Å². The molecule has 0 aliphatic rings. The van der Waals surface area contributed by atoms with Gasteiger partial charge in [-0.15, -0.1) is 5.10 Å². The molecule has 0 saturated heterocycles. The smallest absolute Gasteiger partial charge is 0.328 e. The largest absolute Gasteiger partial charge is 0.478 e. The van der Waals surface area contributed by atoms with Gasteiger partial charge < -0.3 is 10.4 Å². The van der Waals surface area contributed by atoms with E-state index in [2.05, 4.69) is 20.7 Å². The van der Waals surface area contributed by atoms with Crippen LogP contribution in [0, 0.1) is 0 Å². The third kappa shape index (κ3) is 3.41. The van der Waals surface area contributed by atoms with Crippen molar-refractivity contribution < 1.29 is 14.7 Å². The van der Waals surface area contributed by atoms with E-state index in [-0.39, 0.29) is 5.91 Å². The third-order valence-corrected chi connectivity index (χ3v) is 3.18. The van der Waals surface area contributed by atoms with E-state index in [1.54, 1.807) is 42.5 Å². The van der Waals surface area contributed by atoms with Gasteiger partial charge in [-0.05, 0) is 42.0 Å². The summed E-state index contributed by atoms with van der Waals surface area (Å²) >= 11 is 0. The molecule has 3 aromatic rings. The van der Waals surface area contributed by atoms with Gasteiger partial charge in [0.25, 0.3) is 5.91 Å². The molecule has 0 radical (unpaired) electrons. The summed E-state index contributed by atoms with van der Waals surface area (Å²) in [6, 6.07) is 11.9. The second kappa shape index (κ2) is 6.10. The topological polar surface area (TPSA) is 108 Å². The molecule has 0 saturated carbocycles. The van der Waals surface area contributed by atoms with Crippen molar-refractivity contribution in [1.29, 1.82) is 0 Å². The summed E-state index contributed by atoms with van der Waals surface area (Å²) in [5.74, 6) is -1.27. The predicted octanol–water partition coefficient (Wildman–Crippen LogP) is 2.31. The van der Waals surface area contributed by atoms with Crippen LogP contribution in [0.25, 0.3) is 17.1 Å². The second-order valence-electron chi connectivity index (χ2n) is 4.79. The lowest BCUT2D eigenvalue weighted by Crippen LogP contribution is -2.11. The zero-order valence-electron chi connectivity index (χ0n) is 11.9. The highest BCUT2D eigenvalue weighted by atomic mass is 16.4. The molecule has 114 valence electrons. The van der Waals surface area contributed by atoms with Crippen LogP contribution in [0.4, 0.5) is 5.69 Å². The summed E-state index contributed by atoms with van der Waals surface area (Å²) in [6.45, 7) is 0. The molecule has 1 aromatic heterocycles. The zero-order valence-corrected chi connectivity index (χ0v) is 11.9. The Morgan fingerprint density at radius 3 is 2.65 bits per heavy atom. The van der Waals surface area contributed by atoms with Crippen LogP contribution in [-0.4, -0.2) is 32.4 Å². The molecule has 2 aromatic carbocycles. The predicted molar refractivity (Wildman–Crippen MR) is 85.0 cm³/mol. The molecule has 0 atom stereocenters. The maximum atomic E-state index is 12.2. The molecule has 0 aliphatic heterocycles. The van der Waals surface area contributed by atoms with Crippen LogP contribution in [0.1, 0.15) is 15.9 Å². The molecule has 23 heavy (non-hydrogen) atoms. The minimum absolute atomic E-state index is 0.260. The Hall–Kier alpha value is -3.48. The summed E-state index contributed by atoms with van der Waals surface area (Å²) < 4.78 is 0. The Bertz CT molecular complexity index is 897. The van der Waals surface area contributed by atoms with Crippen molar-refractivity contribution in [2.45, 2.75) is 0 Å². The van der Waals surface area contributed by atoms with Gasteiger partial charge in [0.15, 0.2) is 0 Å². The van der Waals surface area contributed by atoms with Gasteiger partial charge >= 0.3 is 5.97 Å². The molecular formula is C16H12N4O3. The number of aliphatic carboxylic acids is 1. The number of carboxylic acids is 1. The van der Waals surface area contributed by atoms with E-state index in [1.807, 2.05) is 0 Å². The van der Waals surface area contributed by atoms with Crippen LogP contribution >= 0.6 is 0 Å². The quantitative estimate of drug-likeness (QED) is 0.641. The number of anilines is 1. The molecular weight excluding hydrogens is 296 g/mol. The van der Waals surface area contributed by atoms with E-state index in [1.165, 1.54) is 6.08 Å². The molecule has 7 nitrogen and oxygen atoms in total. The first kappa shape index (κ1) is 14.5. The molecule has 1 amide bonds. The number of carbonyl (C=O) groups excluding carboxylic acids is 1. The zero-order chi connectivity index (χ0) is 16.2. The average Bonchev–Trinajstić information content (AvgIpc) is 3.01. The molecule has 3 rings (SSSR count). The van der Waals surface area contributed by atoms with Crippen LogP contribution in [0.15, 0.2) is 48.5 Å². The van der Waals surface area contributed by atoms with Crippen molar-refractivity contribution in [2.75, 3.05) is 5.32 Å². The van der Waals surface area contributed by atoms with Crippen molar-refractivity contribution in [3.63, 3.8) is 0 Å². The van der Waals surface area contributed by atoms with Crippen molar-refractivity contribution >= 4 is 34.7 Å². The number of nitrogens with one attached hydrogen (secondary N) is 2. The van der Waals surface area contributed by atoms with Crippen LogP contribution in [-0.2, 0) is 4.79 Å². The molecule has 0 fully saturated rings. The van der Waals surface area contributed by atoms with E-state index < -0.39 is 5.97 Å². The molecule has 1 heterocycles. The first-order valence-electron chi connectivity index (χ1n) is 6.75. The number of aromatic amines is 1. The summed E-state index contributed by atoms with van der Waals surface area (Å²) in [7, 11) is 0. The summed E-state index contributed by atoms with van der Waals surface area (Å²) in [6.07, 6.45) is 2.53. The Morgan fingerprint density at radius 1 is 1.13 bits per heavy atom. The summed E-state index contributed by atoms with van der Waals surface area (Å²) in [4.78, 5) is 22.7. The number of rotatable bonds is 4. The third-order valence-electron chi connectivity index (χ3n) is 3.18. The standard InChI is InChI=1S/C16H12N4O3/c21-15(22)8-3-10-1-5-12(6-2-10)17-16(23)11-4-7-13-14(9-11)19-20-18-13/h1-9H,(H,17,23)(H,21,22)(H,18,19,20)/b8-3+. The Kier molecular flexibility index (Phi) is 3.84. The summed E-state index contributed by atoms with van der Waals surface area (Å²) in [5, 5.41) is 21.6. The molecule has 0 unspecified atom stereocenters. The average molecular weight is 308 g/mol. The second-order valence-corrected chi connectivity index (χ2v) is 4.79. The fourth-order valence-corrected chi connectivity index (χ4v) is 2.03. The first-order valence-corrected chi connectivity index (χ1v) is 6.75. The van der Waals surface area contributed by atoms with Gasteiger partial charge in [0, 0.05) is 17.3 Å². The number of carbonyl (C=O) groups is 2. The van der Waals surface area contributed by atoms with E-state index in [9.17, 15) is 9.59 Å². The van der Waals surface area contributed by atoms with Crippen LogP contribution in [0.2, 0.25) is 0 Å². The number of H-pyrrole nitrogens is 1. The Balaban J connectivity index is 1.73. The fourth-order valence-electron chi connectivity index (χ4n) is 2.03. The van der Waals surface area contributed by atoms with Crippen molar-refractivity contribution in [3.8, 4) is 0 Å². The maximum Gasteiger partial charge on any atom is 0.328 e. The molecule has 0 spiro atoms. The maximum absolute atomic E-state index is 12.2. The highest BCUT2D eigenvalue weighted by Crippen LogP contribution is 2.15. The van der Waals surface area contributed by atoms with E-state index >= 15 is 0 Å². The lowest BCUT2D eigenvalue weighted by atomic mass is 10.1. The van der Waals surface area contributed by atoms with Gasteiger partial charge in [0.05, 0.1) is 5.52 Å². The van der Waals surface area contributed by atoms with Gasteiger partial charge in [-0.2, -0.15) is 0 Å². The number of benzene rings is 2. The fraction of sp³-hybridized carbons (Fsp3) is 0. The number of hydrogen-bond acceptors (Lipinski definition) is 4. The number of nitrogens with zero attached hydrogens (tertiary/aromatic N) is 2. The van der Waals surface area contributed by atoms with E-state index in [4.69, 9.17) is 5.11 Å². The molecule has 3 N–H and O–H groups in total. The van der Waals surface area contributed by atoms with E-state index in [0.717, 1.165) is 17.2 Å². The van der Waals surface area contributed by atoms with Gasteiger partial charge in [-0.25, -0.2) is 4.79 Å². The van der Waals surface area contributed by atoms with Gasteiger partial charge in [0.2, 0.25) is 0 Å². The normalized spacial score (nSPS) is 11.0. The lowest BCUT2D eigenvalue weighted by molar-refractivity contribution is -0.131. The monoisotopic (exact) mass is 308 g/mol. The Morgan fingerprint density at radius 2 is 1.91 bits per heavy atom. The number of amides is 1. The molecule has 0 aliphatic carbocycles. The van der Waals surface area contributed by atoms with Crippen LogP contribution < -0.4 is 5.32 Å². The van der Waals surface area contributed by atoms with Crippen molar-refractivity contribution in [2.24, 2.45) is 0 Å². The first-order chi connectivity index (χ1) is 11.1. The van der Waals surface area contributed by atoms with Crippen molar-refractivity contribution in [3.05, 3.63) is 59.7 Å². The highest BCUT2D eigenvalue weighted by Gasteiger charge is 2.08. The van der Waals surface area contributed by atoms with Gasteiger partial charge in [0.1, 0.15) is 5.52 Å². The number of aromatic nitrogens is 3. The lowest BCUT2D eigenvalue weighted by Gasteiger charge is -2.05. The minimum atomic E-state index is -1.01. The van der Waals surface area contributed by atoms with Crippen molar-refractivity contribution in [1.82, 2.24) is 15.4 Å². The minimum Gasteiger partial charge on any atom is -0.478 e. The van der Waals surface area contributed by atoms with Gasteiger partial charge in [-0.3, -0.25) is 9.89 Å². The number of hydrogen-bond donors (Lipinski definition) is 3. The van der Waals surface area contributed by atoms with Crippen LogP contribution in [0.5, 0.6) is 0 Å². The number of carboxylic acid groups (broad SMARTS) is 1. The summed E-state index contributed by atoms with van der Waals surface area (Å²) in [5.41, 5.74) is 3.20. The Labute approximate surface area is 130 Å². The molecule has 7 heteroatoms. The number of fused-ring (bicyclic) bond motifs is 1. The van der Waals surface area contributed by atoms with E-state index in [0.29, 0.717) is 16.8 Å². The SMILES string of the molecule is O=C(O)/C=C/c1ccc(NC(=O)c2ccc3[nH]nnc3c2)cc1. The van der Waals surface area contributed by atoms with Crippen LogP contribution in [0.3, 0.4) is 0 Å². The highest BCUT2D eigenvalue weighted by molar-refractivity contribution is 6.05. The molecule has 0 bridgehead atoms.